The van der Waals surface area contributed by atoms with Crippen LogP contribution in [-0.2, 0) is 10.4 Å². The average molecular weight is 297 g/mol. The molecule has 0 fully saturated rings. The highest BCUT2D eigenvalue weighted by Gasteiger charge is 2.65. The van der Waals surface area contributed by atoms with Crippen molar-refractivity contribution >= 4 is 5.97 Å². The molecule has 0 saturated heterocycles. The third-order valence-electron chi connectivity index (χ3n) is 2.78. The van der Waals surface area contributed by atoms with Crippen molar-refractivity contribution in [3.05, 3.63) is 60.3 Å². The Morgan fingerprint density at radius 2 is 1.67 bits per heavy atom. The monoisotopic (exact) mass is 297 g/mol. The summed E-state index contributed by atoms with van der Waals surface area (Å²) < 4.78 is 45.2. The van der Waals surface area contributed by atoms with E-state index in [2.05, 4.69) is 4.98 Å². The number of rotatable bonds is 4. The zero-order valence-electron chi connectivity index (χ0n) is 10.5. The summed E-state index contributed by atoms with van der Waals surface area (Å²) in [5.74, 6) is -2.59. The van der Waals surface area contributed by atoms with Crippen molar-refractivity contribution in [1.82, 2.24) is 4.98 Å². The van der Waals surface area contributed by atoms with Crippen LogP contribution >= 0.6 is 0 Å². The summed E-state index contributed by atoms with van der Waals surface area (Å²) in [6, 6.07) is 10.2. The molecule has 21 heavy (non-hydrogen) atoms. The van der Waals surface area contributed by atoms with Crippen LogP contribution in [-0.4, -0.2) is 22.2 Å². The Morgan fingerprint density at radius 1 is 1.05 bits per heavy atom. The minimum Gasteiger partial charge on any atom is -0.478 e. The normalized spacial score (nSPS) is 14.2. The molecule has 2 aromatic rings. The average Bonchev–Trinajstić information content (AvgIpc) is 2.45. The van der Waals surface area contributed by atoms with Crippen molar-refractivity contribution in [2.75, 3.05) is 0 Å². The molecule has 7 heteroatoms. The van der Waals surface area contributed by atoms with Gasteiger partial charge in [-0.05, 0) is 6.07 Å². The summed E-state index contributed by atoms with van der Waals surface area (Å²) >= 11 is 0. The summed E-state index contributed by atoms with van der Waals surface area (Å²) in [7, 11) is 0. The topological polar surface area (TPSA) is 59.4 Å². The number of pyridine rings is 1. The SMILES string of the molecule is O=C(O)C(Oc1ccccn1)(c1ccccc1)C(F)(F)F. The Balaban J connectivity index is 2.60. The van der Waals surface area contributed by atoms with Crippen LogP contribution in [0.4, 0.5) is 13.2 Å². The highest BCUT2D eigenvalue weighted by molar-refractivity contribution is 5.81. The smallest absolute Gasteiger partial charge is 0.444 e. The van der Waals surface area contributed by atoms with Crippen molar-refractivity contribution in [2.24, 2.45) is 0 Å². The van der Waals surface area contributed by atoms with E-state index >= 15 is 0 Å². The minimum absolute atomic E-state index is 0.430. The van der Waals surface area contributed by atoms with Crippen LogP contribution in [0.2, 0.25) is 0 Å². The summed E-state index contributed by atoms with van der Waals surface area (Å²) in [6.07, 6.45) is -3.96. The Kier molecular flexibility index (Phi) is 3.84. The summed E-state index contributed by atoms with van der Waals surface area (Å²) in [6.45, 7) is 0. The fourth-order valence-corrected chi connectivity index (χ4v) is 1.81. The van der Waals surface area contributed by atoms with E-state index in [9.17, 15) is 23.1 Å². The maximum Gasteiger partial charge on any atom is 0.444 e. The van der Waals surface area contributed by atoms with Crippen LogP contribution in [0.5, 0.6) is 5.88 Å². The molecule has 1 aromatic carbocycles. The van der Waals surface area contributed by atoms with E-state index in [1.165, 1.54) is 36.5 Å². The van der Waals surface area contributed by atoms with E-state index in [-0.39, 0.29) is 0 Å². The number of carboxylic acids is 1. The van der Waals surface area contributed by atoms with Crippen LogP contribution < -0.4 is 4.74 Å². The number of ether oxygens (including phenoxy) is 1. The second-order valence-electron chi connectivity index (χ2n) is 4.12. The molecular formula is C14H10F3NO3. The molecule has 0 saturated carbocycles. The number of aliphatic carboxylic acids is 1. The molecule has 110 valence electrons. The fraction of sp³-hybridized carbons (Fsp3) is 0.143. The molecule has 0 aliphatic carbocycles. The molecule has 0 radical (unpaired) electrons. The first-order chi connectivity index (χ1) is 9.88. The predicted octanol–water partition coefficient (Wildman–Crippen LogP) is 3.00. The van der Waals surface area contributed by atoms with Gasteiger partial charge in [-0.1, -0.05) is 36.4 Å². The maximum absolute atomic E-state index is 13.5. The lowest BCUT2D eigenvalue weighted by molar-refractivity contribution is -0.256. The highest BCUT2D eigenvalue weighted by Crippen LogP contribution is 2.42. The number of carbonyl (C=O) groups is 1. The maximum atomic E-state index is 13.5. The van der Waals surface area contributed by atoms with Gasteiger partial charge in [-0.15, -0.1) is 0 Å². The summed E-state index contributed by atoms with van der Waals surface area (Å²) in [5, 5.41) is 9.20. The van der Waals surface area contributed by atoms with Crippen molar-refractivity contribution in [3.8, 4) is 5.88 Å². The third-order valence-corrected chi connectivity index (χ3v) is 2.78. The first-order valence-corrected chi connectivity index (χ1v) is 5.83. The second kappa shape index (κ2) is 5.43. The van der Waals surface area contributed by atoms with E-state index in [4.69, 9.17) is 4.74 Å². The lowest BCUT2D eigenvalue weighted by Crippen LogP contribution is -2.54. The number of aromatic nitrogens is 1. The Hall–Kier alpha value is -2.57. The number of benzene rings is 1. The van der Waals surface area contributed by atoms with Gasteiger partial charge in [0.1, 0.15) is 0 Å². The molecule has 0 spiro atoms. The summed E-state index contributed by atoms with van der Waals surface area (Å²) in [4.78, 5) is 15.0. The second-order valence-corrected chi connectivity index (χ2v) is 4.12. The van der Waals surface area contributed by atoms with Crippen LogP contribution in [0.15, 0.2) is 54.7 Å². The van der Waals surface area contributed by atoms with Crippen molar-refractivity contribution in [2.45, 2.75) is 11.8 Å². The molecule has 0 bridgehead atoms. The van der Waals surface area contributed by atoms with Gasteiger partial charge in [-0.25, -0.2) is 9.78 Å². The highest BCUT2D eigenvalue weighted by atomic mass is 19.4. The molecule has 1 N–H and O–H groups in total. The fourth-order valence-electron chi connectivity index (χ4n) is 1.81. The van der Waals surface area contributed by atoms with Gasteiger partial charge in [0.2, 0.25) is 5.88 Å². The Labute approximate surface area is 117 Å². The van der Waals surface area contributed by atoms with Crippen LogP contribution in [0.3, 0.4) is 0 Å². The number of hydrogen-bond acceptors (Lipinski definition) is 3. The lowest BCUT2D eigenvalue weighted by Gasteiger charge is -2.31. The van der Waals surface area contributed by atoms with Gasteiger partial charge < -0.3 is 9.84 Å². The molecular weight excluding hydrogens is 287 g/mol. The van der Waals surface area contributed by atoms with E-state index in [1.807, 2.05) is 0 Å². The Morgan fingerprint density at radius 3 is 2.14 bits per heavy atom. The quantitative estimate of drug-likeness (QED) is 0.942. The number of halogens is 3. The van der Waals surface area contributed by atoms with Crippen LogP contribution in [0.25, 0.3) is 0 Å². The first-order valence-electron chi connectivity index (χ1n) is 5.83. The molecule has 1 unspecified atom stereocenters. The molecule has 0 aliphatic rings. The van der Waals surface area contributed by atoms with Crippen LogP contribution in [0, 0.1) is 0 Å². The van der Waals surface area contributed by atoms with Crippen molar-refractivity contribution in [3.63, 3.8) is 0 Å². The third kappa shape index (κ3) is 2.67. The van der Waals surface area contributed by atoms with Crippen molar-refractivity contribution < 1.29 is 27.8 Å². The molecule has 1 atom stereocenters. The number of nitrogens with zero attached hydrogens (tertiary/aromatic N) is 1. The van der Waals surface area contributed by atoms with Crippen LogP contribution in [0.1, 0.15) is 5.56 Å². The molecule has 2 rings (SSSR count). The zero-order chi connectivity index (χ0) is 15.5. The van der Waals surface area contributed by atoms with E-state index < -0.39 is 29.2 Å². The number of carboxylic acid groups (broad SMARTS) is 1. The van der Waals surface area contributed by atoms with E-state index in [0.717, 1.165) is 18.2 Å². The predicted molar refractivity (Wildman–Crippen MR) is 66.7 cm³/mol. The van der Waals surface area contributed by atoms with E-state index in [1.54, 1.807) is 0 Å². The van der Waals surface area contributed by atoms with Gasteiger partial charge in [0.25, 0.3) is 0 Å². The van der Waals surface area contributed by atoms with Gasteiger partial charge in [0, 0.05) is 17.8 Å². The summed E-state index contributed by atoms with van der Waals surface area (Å²) in [5.41, 5.74) is -4.04. The molecule has 0 aliphatic heterocycles. The molecule has 4 nitrogen and oxygen atoms in total. The van der Waals surface area contributed by atoms with Crippen molar-refractivity contribution in [1.29, 1.82) is 0 Å². The Bertz CT molecular complexity index is 616. The molecule has 1 heterocycles. The van der Waals surface area contributed by atoms with Gasteiger partial charge in [-0.2, -0.15) is 13.2 Å². The minimum atomic E-state index is -5.17. The standard InChI is InChI=1S/C14H10F3NO3/c15-14(16,17)13(12(19)20,10-6-2-1-3-7-10)21-11-8-4-5-9-18-11/h1-9H,(H,19,20). The van der Waals surface area contributed by atoms with Gasteiger partial charge >= 0.3 is 17.7 Å². The molecule has 0 amide bonds. The number of alkyl halides is 3. The largest absolute Gasteiger partial charge is 0.478 e. The van der Waals surface area contributed by atoms with Gasteiger partial charge in [0.05, 0.1) is 0 Å². The lowest BCUT2D eigenvalue weighted by atomic mass is 9.93. The molecule has 1 aromatic heterocycles. The van der Waals surface area contributed by atoms with Gasteiger partial charge in [0.15, 0.2) is 0 Å². The zero-order valence-corrected chi connectivity index (χ0v) is 10.5. The first kappa shape index (κ1) is 14.8. The number of hydrogen-bond donors (Lipinski definition) is 1. The van der Waals surface area contributed by atoms with Gasteiger partial charge in [-0.3, -0.25) is 0 Å². The van der Waals surface area contributed by atoms with E-state index in [0.29, 0.717) is 0 Å².